The molecular weight excluding hydrogens is 256 g/mol. The summed E-state index contributed by atoms with van der Waals surface area (Å²) in [7, 11) is 0. The van der Waals surface area contributed by atoms with Crippen LogP contribution < -0.4 is 4.90 Å². The quantitative estimate of drug-likeness (QED) is 0.653. The van der Waals surface area contributed by atoms with Gasteiger partial charge in [0.25, 0.3) is 0 Å². The average Bonchev–Trinajstić information content (AvgIpc) is 2.88. The van der Waals surface area contributed by atoms with E-state index < -0.39 is 0 Å². The number of nitrogens with zero attached hydrogens (tertiary/aromatic N) is 2. The van der Waals surface area contributed by atoms with Crippen molar-refractivity contribution in [1.82, 2.24) is 4.57 Å². The van der Waals surface area contributed by atoms with Crippen LogP contribution >= 0.6 is 0 Å². The van der Waals surface area contributed by atoms with Gasteiger partial charge in [-0.2, -0.15) is 0 Å². The number of fused-ring (bicyclic) bond motifs is 3. The van der Waals surface area contributed by atoms with Gasteiger partial charge >= 0.3 is 0 Å². The minimum absolute atomic E-state index is 1.02. The van der Waals surface area contributed by atoms with Crippen LogP contribution in [-0.4, -0.2) is 17.7 Å². The van der Waals surface area contributed by atoms with Gasteiger partial charge in [0.1, 0.15) is 0 Å². The normalized spacial score (nSPS) is 16.0. The van der Waals surface area contributed by atoms with Gasteiger partial charge in [0.05, 0.1) is 5.52 Å². The Morgan fingerprint density at radius 1 is 0.857 bits per heavy atom. The van der Waals surface area contributed by atoms with Gasteiger partial charge < -0.3 is 9.47 Å². The van der Waals surface area contributed by atoms with Crippen molar-refractivity contribution in [2.45, 2.75) is 32.7 Å². The molecule has 2 heteroatoms. The summed E-state index contributed by atoms with van der Waals surface area (Å²) >= 11 is 0. The Bertz CT molecular complexity index is 779. The van der Waals surface area contributed by atoms with E-state index >= 15 is 0 Å². The van der Waals surface area contributed by atoms with E-state index in [0.717, 1.165) is 6.54 Å². The molecule has 0 N–H and O–H groups in total. The molecule has 0 aliphatic carbocycles. The molecule has 0 saturated carbocycles. The summed E-state index contributed by atoms with van der Waals surface area (Å²) in [5.74, 6) is 0. The van der Waals surface area contributed by atoms with Gasteiger partial charge in [-0.15, -0.1) is 0 Å². The lowest BCUT2D eigenvalue weighted by Gasteiger charge is -2.29. The number of anilines is 1. The van der Waals surface area contributed by atoms with Gasteiger partial charge in [-0.3, -0.25) is 0 Å². The van der Waals surface area contributed by atoms with E-state index in [1.165, 1.54) is 59.8 Å². The summed E-state index contributed by atoms with van der Waals surface area (Å²) in [4.78, 5) is 2.54. The number of para-hydroxylation sites is 1. The van der Waals surface area contributed by atoms with Gasteiger partial charge in [0.2, 0.25) is 0 Å². The molecule has 21 heavy (non-hydrogen) atoms. The van der Waals surface area contributed by atoms with E-state index in [9.17, 15) is 0 Å². The lowest BCUT2D eigenvalue weighted by atomic mass is 10.1. The molecule has 0 bridgehead atoms. The fourth-order valence-corrected chi connectivity index (χ4v) is 3.73. The molecule has 4 rings (SSSR count). The van der Waals surface area contributed by atoms with Crippen LogP contribution in [0.25, 0.3) is 21.8 Å². The Hall–Kier alpha value is -1.96. The summed E-state index contributed by atoms with van der Waals surface area (Å²) in [5, 5.41) is 2.76. The molecule has 0 atom stereocenters. The minimum atomic E-state index is 1.02. The molecular formula is C19H22N2. The summed E-state index contributed by atoms with van der Waals surface area (Å²) in [6.07, 6.45) is 4.04. The number of hydrogen-bond donors (Lipinski definition) is 0. The van der Waals surface area contributed by atoms with E-state index in [1.54, 1.807) is 0 Å². The summed E-state index contributed by atoms with van der Waals surface area (Å²) in [5.41, 5.74) is 4.12. The monoisotopic (exact) mass is 278 g/mol. The Kier molecular flexibility index (Phi) is 3.10. The van der Waals surface area contributed by atoms with Crippen molar-refractivity contribution >= 4 is 27.5 Å². The van der Waals surface area contributed by atoms with Crippen LogP contribution in [0, 0.1) is 0 Å². The zero-order valence-corrected chi connectivity index (χ0v) is 12.7. The summed E-state index contributed by atoms with van der Waals surface area (Å²) < 4.78 is 2.44. The van der Waals surface area contributed by atoms with Gasteiger partial charge in [-0.1, -0.05) is 24.3 Å². The van der Waals surface area contributed by atoms with Crippen LogP contribution in [-0.2, 0) is 6.54 Å². The van der Waals surface area contributed by atoms with Crippen LogP contribution in [0.4, 0.5) is 5.69 Å². The Morgan fingerprint density at radius 3 is 2.43 bits per heavy atom. The number of piperidine rings is 1. The summed E-state index contributed by atoms with van der Waals surface area (Å²) in [6, 6.07) is 15.8. The molecule has 0 radical (unpaired) electrons. The number of benzene rings is 2. The predicted molar refractivity (Wildman–Crippen MR) is 91.2 cm³/mol. The third-order valence-electron chi connectivity index (χ3n) is 4.79. The standard InChI is InChI=1S/C19H22N2/c1-2-21-18-9-5-4-8-16(18)17-11-10-15(14-19(17)21)20-12-6-3-7-13-20/h4-5,8-11,14H,2-3,6-7,12-13H2,1H3. The van der Waals surface area contributed by atoms with Crippen molar-refractivity contribution in [3.8, 4) is 0 Å². The maximum Gasteiger partial charge on any atom is 0.0512 e. The fourth-order valence-electron chi connectivity index (χ4n) is 3.73. The van der Waals surface area contributed by atoms with E-state index in [2.05, 4.69) is 58.9 Å². The van der Waals surface area contributed by atoms with Crippen LogP contribution in [0.2, 0.25) is 0 Å². The molecule has 3 aromatic rings. The summed E-state index contributed by atoms with van der Waals surface area (Å²) in [6.45, 7) is 5.67. The highest BCUT2D eigenvalue weighted by Crippen LogP contribution is 2.32. The number of aryl methyl sites for hydroxylation is 1. The van der Waals surface area contributed by atoms with Crippen molar-refractivity contribution in [2.24, 2.45) is 0 Å². The van der Waals surface area contributed by atoms with Crippen LogP contribution in [0.1, 0.15) is 26.2 Å². The smallest absolute Gasteiger partial charge is 0.0512 e. The highest BCUT2D eigenvalue weighted by atomic mass is 15.1. The van der Waals surface area contributed by atoms with E-state index in [-0.39, 0.29) is 0 Å². The van der Waals surface area contributed by atoms with Crippen LogP contribution in [0.3, 0.4) is 0 Å². The zero-order chi connectivity index (χ0) is 14.2. The van der Waals surface area contributed by atoms with E-state index in [4.69, 9.17) is 0 Å². The highest BCUT2D eigenvalue weighted by Gasteiger charge is 2.14. The first-order valence-corrected chi connectivity index (χ1v) is 8.14. The molecule has 0 spiro atoms. The number of aromatic nitrogens is 1. The molecule has 1 aliphatic rings. The zero-order valence-electron chi connectivity index (χ0n) is 12.7. The lowest BCUT2D eigenvalue weighted by molar-refractivity contribution is 0.578. The van der Waals surface area contributed by atoms with Crippen molar-refractivity contribution in [2.75, 3.05) is 18.0 Å². The second-order valence-electron chi connectivity index (χ2n) is 6.01. The third kappa shape index (κ3) is 2.01. The SMILES string of the molecule is CCn1c2ccccc2c2ccc(N3CCCCC3)cc21. The largest absolute Gasteiger partial charge is 0.371 e. The van der Waals surface area contributed by atoms with Gasteiger partial charge in [0.15, 0.2) is 0 Å². The second-order valence-corrected chi connectivity index (χ2v) is 6.01. The fraction of sp³-hybridized carbons (Fsp3) is 0.368. The number of hydrogen-bond acceptors (Lipinski definition) is 1. The molecule has 1 saturated heterocycles. The third-order valence-corrected chi connectivity index (χ3v) is 4.79. The molecule has 108 valence electrons. The molecule has 1 aromatic heterocycles. The van der Waals surface area contributed by atoms with Crippen molar-refractivity contribution < 1.29 is 0 Å². The molecule has 2 nitrogen and oxygen atoms in total. The molecule has 0 unspecified atom stereocenters. The Labute approximate surface area is 126 Å². The first-order valence-electron chi connectivity index (χ1n) is 8.14. The van der Waals surface area contributed by atoms with Crippen molar-refractivity contribution in [3.05, 3.63) is 42.5 Å². The van der Waals surface area contributed by atoms with Gasteiger partial charge in [0, 0.05) is 41.6 Å². The molecule has 2 aromatic carbocycles. The first-order chi connectivity index (χ1) is 10.4. The molecule has 1 aliphatic heterocycles. The first kappa shape index (κ1) is 12.8. The maximum absolute atomic E-state index is 2.54. The Morgan fingerprint density at radius 2 is 1.62 bits per heavy atom. The van der Waals surface area contributed by atoms with Crippen LogP contribution in [0.5, 0.6) is 0 Å². The topological polar surface area (TPSA) is 8.17 Å². The predicted octanol–water partition coefficient (Wildman–Crippen LogP) is 4.80. The molecule has 2 heterocycles. The second kappa shape index (κ2) is 5.10. The van der Waals surface area contributed by atoms with E-state index in [0.29, 0.717) is 0 Å². The van der Waals surface area contributed by atoms with Crippen LogP contribution in [0.15, 0.2) is 42.5 Å². The Balaban J connectivity index is 1.92. The van der Waals surface area contributed by atoms with E-state index in [1.807, 2.05) is 0 Å². The van der Waals surface area contributed by atoms with Gasteiger partial charge in [-0.05, 0) is 44.4 Å². The van der Waals surface area contributed by atoms with Crippen molar-refractivity contribution in [1.29, 1.82) is 0 Å². The lowest BCUT2D eigenvalue weighted by Crippen LogP contribution is -2.29. The molecule has 0 amide bonds. The van der Waals surface area contributed by atoms with Gasteiger partial charge in [-0.25, -0.2) is 0 Å². The number of rotatable bonds is 2. The molecule has 1 fully saturated rings. The minimum Gasteiger partial charge on any atom is -0.371 e. The highest BCUT2D eigenvalue weighted by molar-refractivity contribution is 6.08. The van der Waals surface area contributed by atoms with Crippen molar-refractivity contribution in [3.63, 3.8) is 0 Å². The maximum atomic E-state index is 2.54. The average molecular weight is 278 g/mol.